The molecule has 0 bridgehead atoms. The molecule has 0 saturated heterocycles. The molecule has 0 atom stereocenters. The first kappa shape index (κ1) is 48.3. The Kier molecular flexibility index (Phi) is 9.56. The van der Waals surface area contributed by atoms with Crippen LogP contribution in [0, 0.1) is 0 Å². The maximum Gasteiger partial charge on any atom is 0.144 e. The molecule has 11 aromatic carbocycles. The quantitative estimate of drug-likeness (QED) is 0.172. The highest BCUT2D eigenvalue weighted by molar-refractivity contribution is 6.22. The van der Waals surface area contributed by atoms with Gasteiger partial charge in [-0.15, -0.1) is 0 Å². The Labute approximate surface area is 483 Å². The molecule has 3 heterocycles. The van der Waals surface area contributed by atoms with Crippen LogP contribution in [0.5, 0.6) is 0 Å². The van der Waals surface area contributed by atoms with E-state index in [4.69, 9.17) is 8.83 Å². The number of hydrogen-bond donors (Lipinski definition) is 0. The average molecular weight is 1070 g/mol. The van der Waals surface area contributed by atoms with E-state index in [1.165, 1.54) is 110 Å². The lowest BCUT2D eigenvalue weighted by molar-refractivity contribution is 0.590. The first-order valence-electron chi connectivity index (χ1n) is 29.5. The molecule has 0 aliphatic heterocycles. The highest BCUT2D eigenvalue weighted by Crippen LogP contribution is 2.64. The van der Waals surface area contributed by atoms with Gasteiger partial charge in [0, 0.05) is 82.4 Å². The van der Waals surface area contributed by atoms with E-state index in [0.717, 1.165) is 61.6 Å². The van der Waals surface area contributed by atoms with E-state index >= 15 is 0 Å². The second kappa shape index (κ2) is 16.4. The number of benzene rings is 11. The largest absolute Gasteiger partial charge is 0.455 e. The van der Waals surface area contributed by atoms with Gasteiger partial charge in [0.2, 0.25) is 0 Å². The Balaban J connectivity index is 0.862. The van der Waals surface area contributed by atoms with E-state index in [-0.39, 0.29) is 21.7 Å². The molecule has 4 nitrogen and oxygen atoms in total. The zero-order chi connectivity index (χ0) is 56.2. The highest BCUT2D eigenvalue weighted by Gasteiger charge is 2.49. The van der Waals surface area contributed by atoms with Crippen LogP contribution in [0.2, 0.25) is 0 Å². The maximum atomic E-state index is 7.09. The second-order valence-corrected chi connectivity index (χ2v) is 26.4. The van der Waals surface area contributed by atoms with Crippen molar-refractivity contribution in [1.29, 1.82) is 0 Å². The first-order valence-corrected chi connectivity index (χ1v) is 29.5. The molecule has 14 aromatic rings. The topological polar surface area (TPSA) is 34.5 Å². The third kappa shape index (κ3) is 6.41. The molecule has 83 heavy (non-hydrogen) atoms. The molecule has 0 unspecified atom stereocenters. The number of para-hydroxylation sites is 4. The van der Waals surface area contributed by atoms with Crippen molar-refractivity contribution in [2.75, 3.05) is 4.90 Å². The second-order valence-electron chi connectivity index (χ2n) is 26.4. The van der Waals surface area contributed by atoms with E-state index in [1.807, 2.05) is 0 Å². The van der Waals surface area contributed by atoms with E-state index in [2.05, 4.69) is 284 Å². The van der Waals surface area contributed by atoms with Gasteiger partial charge in [-0.25, -0.2) is 0 Å². The van der Waals surface area contributed by atoms with Crippen molar-refractivity contribution in [3.63, 3.8) is 0 Å². The normalized spacial score (nSPS) is 15.1. The van der Waals surface area contributed by atoms with Crippen LogP contribution in [0.4, 0.5) is 17.1 Å². The summed E-state index contributed by atoms with van der Waals surface area (Å²) < 4.78 is 16.5. The van der Waals surface area contributed by atoms with Crippen molar-refractivity contribution >= 4 is 82.7 Å². The summed E-state index contributed by atoms with van der Waals surface area (Å²) in [5.41, 5.74) is 28.9. The molecule has 0 N–H and O–H groups in total. The molecule has 0 radical (unpaired) electrons. The Morgan fingerprint density at radius 2 is 0.904 bits per heavy atom. The summed E-state index contributed by atoms with van der Waals surface area (Å²) in [4.78, 5) is 2.51. The summed E-state index contributed by atoms with van der Waals surface area (Å²) in [5.74, 6) is 0. The summed E-state index contributed by atoms with van der Waals surface area (Å²) in [6, 6.07) is 79.1. The van der Waals surface area contributed by atoms with Gasteiger partial charge in [-0.1, -0.05) is 196 Å². The van der Waals surface area contributed by atoms with Crippen LogP contribution in [-0.2, 0) is 21.7 Å². The Morgan fingerprint density at radius 3 is 1.60 bits per heavy atom. The van der Waals surface area contributed by atoms with Crippen LogP contribution in [0.25, 0.3) is 116 Å². The number of anilines is 3. The van der Waals surface area contributed by atoms with Crippen molar-refractivity contribution in [3.8, 4) is 50.2 Å². The molecule has 0 spiro atoms. The molecule has 3 aromatic heterocycles. The van der Waals surface area contributed by atoms with Crippen LogP contribution in [0.1, 0.15) is 101 Å². The summed E-state index contributed by atoms with van der Waals surface area (Å²) in [5, 5.41) is 7.16. The highest BCUT2D eigenvalue weighted by atomic mass is 16.3. The average Bonchev–Trinajstić information content (AvgIpc) is 1.84. The van der Waals surface area contributed by atoms with Crippen molar-refractivity contribution in [1.82, 2.24) is 4.57 Å². The minimum atomic E-state index is -0.377. The van der Waals surface area contributed by atoms with Gasteiger partial charge in [-0.05, 0) is 157 Å². The summed E-state index contributed by atoms with van der Waals surface area (Å²) in [6.07, 6.45) is 0. The van der Waals surface area contributed by atoms with Crippen LogP contribution in [0.3, 0.4) is 0 Å². The van der Waals surface area contributed by atoms with E-state index in [0.29, 0.717) is 0 Å². The van der Waals surface area contributed by atoms with Gasteiger partial charge in [0.15, 0.2) is 0 Å². The molecule has 0 saturated carbocycles. The van der Waals surface area contributed by atoms with Crippen molar-refractivity contribution in [2.24, 2.45) is 0 Å². The molecule has 3 aliphatic carbocycles. The predicted octanol–water partition coefficient (Wildman–Crippen LogP) is 21.9. The molecule has 400 valence electrons. The molecule has 0 amide bonds. The first-order chi connectivity index (χ1) is 40.1. The van der Waals surface area contributed by atoms with Crippen LogP contribution in [-0.4, -0.2) is 4.57 Å². The maximum absolute atomic E-state index is 7.09. The number of aromatic nitrogens is 1. The van der Waals surface area contributed by atoms with E-state index in [9.17, 15) is 0 Å². The summed E-state index contributed by atoms with van der Waals surface area (Å²) in [6.45, 7) is 21.5. The minimum Gasteiger partial charge on any atom is -0.455 e. The zero-order valence-corrected chi connectivity index (χ0v) is 48.4. The van der Waals surface area contributed by atoms with E-state index < -0.39 is 0 Å². The third-order valence-electron chi connectivity index (χ3n) is 19.7. The van der Waals surface area contributed by atoms with Crippen molar-refractivity contribution in [3.05, 3.63) is 251 Å². The Hall–Kier alpha value is -9.38. The lowest BCUT2D eigenvalue weighted by Crippen LogP contribution is -2.24. The lowest BCUT2D eigenvalue weighted by Gasteiger charge is -2.32. The van der Waals surface area contributed by atoms with Gasteiger partial charge < -0.3 is 18.3 Å². The molecule has 17 rings (SSSR count). The lowest BCUT2D eigenvalue weighted by atomic mass is 9.72. The van der Waals surface area contributed by atoms with E-state index in [1.54, 1.807) is 0 Å². The standard InChI is InChI=1S/C79H62N2O2/c1-76(2,3)46-32-34-48(35-33-46)80(50-37-40-55-61(43-50)79(8,9)72-68(55)70-57-26-16-20-30-66(57)83-75(70)71-53-24-13-17-27-59(53)78(6,7)73(71)72)49-36-39-54-60(42-49)77(4,5)62-44-58(74-69(67(54)62)56-25-15-19-29-65(56)82-74)45-31-38-52-51-23-14-18-28-63(51)81(64(52)41-45)47-21-11-10-12-22-47/h10-44H,1-9H3. The zero-order valence-electron chi connectivity index (χ0n) is 48.4. The Morgan fingerprint density at radius 1 is 0.373 bits per heavy atom. The predicted molar refractivity (Wildman–Crippen MR) is 347 cm³/mol. The van der Waals surface area contributed by atoms with Gasteiger partial charge >= 0.3 is 0 Å². The van der Waals surface area contributed by atoms with Gasteiger partial charge in [0.05, 0.1) is 11.0 Å². The van der Waals surface area contributed by atoms with Crippen molar-refractivity contribution < 1.29 is 8.83 Å². The van der Waals surface area contributed by atoms with Crippen LogP contribution in [0.15, 0.2) is 221 Å². The number of fused-ring (bicyclic) bond motifs is 22. The van der Waals surface area contributed by atoms with Crippen molar-refractivity contribution in [2.45, 2.75) is 84.0 Å². The smallest absolute Gasteiger partial charge is 0.144 e. The fourth-order valence-electron chi connectivity index (χ4n) is 15.6. The SMILES string of the molecule is CC(C)(C)c1ccc(N(c2ccc3c(c2)C(C)(C)c2cc(-c4ccc5c6ccccc6n(-c6ccccc6)c5c4)c4oc5ccccc5c4c2-3)c2ccc3c(c2)C(C)(C)c2c4c(c5oc6ccccc6c5c2-3)-c2ccccc2C4(C)C)cc1. The fourth-order valence-corrected chi connectivity index (χ4v) is 15.6. The van der Waals surface area contributed by atoms with Gasteiger partial charge in [0.1, 0.15) is 22.3 Å². The Bertz CT molecular complexity index is 5150. The van der Waals surface area contributed by atoms with Gasteiger partial charge in [-0.3, -0.25) is 0 Å². The fraction of sp³-hybridized carbons (Fsp3) is 0.165. The number of nitrogens with zero attached hydrogens (tertiary/aromatic N) is 2. The summed E-state index contributed by atoms with van der Waals surface area (Å²) in [7, 11) is 0. The van der Waals surface area contributed by atoms with Gasteiger partial charge in [-0.2, -0.15) is 0 Å². The molecular weight excluding hydrogens is 1010 g/mol. The molecule has 4 heteroatoms. The van der Waals surface area contributed by atoms with Crippen LogP contribution < -0.4 is 4.90 Å². The molecular formula is C79H62N2O2. The van der Waals surface area contributed by atoms with Crippen LogP contribution >= 0.6 is 0 Å². The third-order valence-corrected chi connectivity index (χ3v) is 19.7. The monoisotopic (exact) mass is 1070 g/mol. The van der Waals surface area contributed by atoms with Gasteiger partial charge in [0.25, 0.3) is 0 Å². The molecule has 0 fully saturated rings. The number of rotatable bonds is 5. The number of hydrogen-bond acceptors (Lipinski definition) is 3. The minimum absolute atomic E-state index is 0.0000975. The molecule has 3 aliphatic rings. The number of furan rings is 2. The summed E-state index contributed by atoms with van der Waals surface area (Å²) >= 11 is 0.